The second kappa shape index (κ2) is 8.51. The van der Waals surface area contributed by atoms with Crippen molar-refractivity contribution in [1.82, 2.24) is 10.2 Å². The van der Waals surface area contributed by atoms with Crippen molar-refractivity contribution in [2.75, 3.05) is 13.2 Å². The number of hydrogen-bond donors (Lipinski definition) is 1. The van der Waals surface area contributed by atoms with Crippen LogP contribution in [-0.2, 0) is 23.9 Å². The number of hydrogen-bond acceptors (Lipinski definition) is 6. The number of carbonyl (C=O) groups excluding carboxylic acids is 4. The molecule has 2 fully saturated rings. The number of carbonyl (C=O) groups is 4. The van der Waals surface area contributed by atoms with Crippen LogP contribution in [0, 0.1) is 29.1 Å². The van der Waals surface area contributed by atoms with Crippen molar-refractivity contribution < 1.29 is 23.9 Å². The van der Waals surface area contributed by atoms with Gasteiger partial charge in [-0.25, -0.2) is 0 Å². The molecule has 0 bridgehead atoms. The van der Waals surface area contributed by atoms with Crippen molar-refractivity contribution >= 4 is 23.7 Å². The van der Waals surface area contributed by atoms with Gasteiger partial charge in [0.15, 0.2) is 6.61 Å². The molecule has 1 saturated carbocycles. The van der Waals surface area contributed by atoms with E-state index in [2.05, 4.69) is 5.32 Å². The van der Waals surface area contributed by atoms with E-state index in [9.17, 15) is 24.4 Å². The van der Waals surface area contributed by atoms with Crippen LogP contribution in [0.3, 0.4) is 0 Å². The summed E-state index contributed by atoms with van der Waals surface area (Å²) < 4.78 is 4.91. The van der Waals surface area contributed by atoms with E-state index in [0.717, 1.165) is 30.6 Å². The van der Waals surface area contributed by atoms with Crippen molar-refractivity contribution in [1.29, 1.82) is 5.26 Å². The maximum absolute atomic E-state index is 12.3. The van der Waals surface area contributed by atoms with Crippen molar-refractivity contribution in [3.05, 3.63) is 0 Å². The normalized spacial score (nSPS) is 24.2. The third kappa shape index (κ3) is 4.65. The van der Waals surface area contributed by atoms with Crippen LogP contribution in [0.4, 0.5) is 0 Å². The van der Waals surface area contributed by atoms with Crippen molar-refractivity contribution in [3.63, 3.8) is 0 Å². The van der Waals surface area contributed by atoms with Gasteiger partial charge in [-0.15, -0.1) is 0 Å². The van der Waals surface area contributed by atoms with E-state index < -0.39 is 24.0 Å². The molecule has 0 spiro atoms. The molecule has 8 heteroatoms. The lowest BCUT2D eigenvalue weighted by Gasteiger charge is -2.27. The van der Waals surface area contributed by atoms with Crippen molar-refractivity contribution in [2.45, 2.75) is 58.4 Å². The molecule has 1 N–H and O–H groups in total. The van der Waals surface area contributed by atoms with Gasteiger partial charge in [0, 0.05) is 6.54 Å². The third-order valence-corrected chi connectivity index (χ3v) is 5.62. The largest absolute Gasteiger partial charge is 0.456 e. The smallest absolute Gasteiger partial charge is 0.308 e. The average molecular weight is 377 g/mol. The van der Waals surface area contributed by atoms with E-state index in [0.29, 0.717) is 0 Å². The van der Waals surface area contributed by atoms with Crippen LogP contribution in [0.1, 0.15) is 52.9 Å². The number of ether oxygens (including phenoxy) is 1. The van der Waals surface area contributed by atoms with Gasteiger partial charge in [-0.1, -0.05) is 26.7 Å². The average Bonchev–Trinajstić information content (AvgIpc) is 2.89. The maximum atomic E-state index is 12.3. The Kier molecular flexibility index (Phi) is 6.58. The first-order chi connectivity index (χ1) is 12.7. The van der Waals surface area contributed by atoms with Crippen molar-refractivity contribution in [2.24, 2.45) is 17.8 Å². The first kappa shape index (κ1) is 20.9. The van der Waals surface area contributed by atoms with Gasteiger partial charge >= 0.3 is 5.97 Å². The van der Waals surface area contributed by atoms with Gasteiger partial charge in [0.05, 0.1) is 24.3 Å². The number of nitrogens with zero attached hydrogens (tertiary/aromatic N) is 2. The second-order valence-corrected chi connectivity index (χ2v) is 7.75. The van der Waals surface area contributed by atoms with Crippen LogP contribution in [0.5, 0.6) is 0 Å². The Morgan fingerprint density at radius 3 is 2.30 bits per heavy atom. The van der Waals surface area contributed by atoms with Crippen LogP contribution >= 0.6 is 0 Å². The summed E-state index contributed by atoms with van der Waals surface area (Å²) >= 11 is 0. The van der Waals surface area contributed by atoms with E-state index in [4.69, 9.17) is 4.74 Å². The van der Waals surface area contributed by atoms with Gasteiger partial charge in [0.25, 0.3) is 5.91 Å². The summed E-state index contributed by atoms with van der Waals surface area (Å²) in [5, 5.41) is 11.7. The lowest BCUT2D eigenvalue weighted by molar-refractivity contribution is -0.150. The Morgan fingerprint density at radius 1 is 1.26 bits per heavy atom. The predicted octanol–water partition coefficient (Wildman–Crippen LogP) is 1.15. The zero-order chi connectivity index (χ0) is 20.2. The fraction of sp³-hybridized carbons (Fsp3) is 0.737. The summed E-state index contributed by atoms with van der Waals surface area (Å²) in [6.45, 7) is 4.68. The number of imide groups is 1. The Hall–Kier alpha value is -2.43. The molecule has 0 aromatic rings. The first-order valence-corrected chi connectivity index (χ1v) is 9.42. The third-order valence-electron chi connectivity index (χ3n) is 5.62. The Morgan fingerprint density at radius 2 is 1.81 bits per heavy atom. The molecule has 0 radical (unpaired) electrons. The number of fused-ring (bicyclic) bond motifs is 1. The molecule has 0 aromatic heterocycles. The maximum Gasteiger partial charge on any atom is 0.308 e. The van der Waals surface area contributed by atoms with E-state index in [-0.39, 0.29) is 42.5 Å². The first-order valence-electron chi connectivity index (χ1n) is 9.42. The topological polar surface area (TPSA) is 117 Å². The number of rotatable bonds is 7. The molecule has 148 valence electrons. The standard InChI is InChI=1S/C19H27N3O5/c1-12(2)19(3,11-20)21-15(23)10-27-16(24)8-9-22-17(25)13-6-4-5-7-14(13)18(22)26/h12-14H,4-10H2,1-3H3,(H,21,23)/t13-,14-,19-/m0/s1. The molecular formula is C19H27N3O5. The molecule has 1 saturated heterocycles. The van der Waals surface area contributed by atoms with Crippen LogP contribution in [0.15, 0.2) is 0 Å². The van der Waals surface area contributed by atoms with E-state index >= 15 is 0 Å². The zero-order valence-corrected chi connectivity index (χ0v) is 16.1. The summed E-state index contributed by atoms with van der Waals surface area (Å²) in [5.74, 6) is -2.23. The minimum Gasteiger partial charge on any atom is -0.456 e. The Bertz CT molecular complexity index is 645. The van der Waals surface area contributed by atoms with Gasteiger partial charge in [-0.05, 0) is 25.7 Å². The molecule has 3 amide bonds. The minimum absolute atomic E-state index is 0.0208. The van der Waals surface area contributed by atoms with Crippen LogP contribution in [0.2, 0.25) is 0 Å². The molecule has 8 nitrogen and oxygen atoms in total. The highest BCUT2D eigenvalue weighted by Crippen LogP contribution is 2.37. The highest BCUT2D eigenvalue weighted by atomic mass is 16.5. The zero-order valence-electron chi connectivity index (χ0n) is 16.1. The fourth-order valence-electron chi connectivity index (χ4n) is 3.50. The summed E-state index contributed by atoms with van der Waals surface area (Å²) in [4.78, 5) is 49.6. The van der Waals surface area contributed by atoms with Crippen LogP contribution in [0.25, 0.3) is 0 Å². The van der Waals surface area contributed by atoms with Gasteiger partial charge < -0.3 is 10.1 Å². The molecule has 1 aliphatic heterocycles. The minimum atomic E-state index is -1.05. The molecule has 1 aliphatic carbocycles. The van der Waals surface area contributed by atoms with E-state index in [1.54, 1.807) is 20.8 Å². The second-order valence-electron chi connectivity index (χ2n) is 7.75. The van der Waals surface area contributed by atoms with Gasteiger partial charge in [0.1, 0.15) is 5.54 Å². The van der Waals surface area contributed by atoms with Crippen molar-refractivity contribution in [3.8, 4) is 6.07 Å². The molecule has 0 unspecified atom stereocenters. The van der Waals surface area contributed by atoms with Gasteiger partial charge in [0.2, 0.25) is 11.8 Å². The van der Waals surface area contributed by atoms with Gasteiger partial charge in [-0.2, -0.15) is 5.26 Å². The lowest BCUT2D eigenvalue weighted by Crippen LogP contribution is -2.50. The van der Waals surface area contributed by atoms with E-state index in [1.165, 1.54) is 0 Å². The Balaban J connectivity index is 1.78. The monoisotopic (exact) mass is 377 g/mol. The van der Waals surface area contributed by atoms with Gasteiger partial charge in [-0.3, -0.25) is 24.1 Å². The highest BCUT2D eigenvalue weighted by Gasteiger charge is 2.47. The molecule has 2 rings (SSSR count). The molecule has 3 atom stereocenters. The van der Waals surface area contributed by atoms with E-state index in [1.807, 2.05) is 6.07 Å². The highest BCUT2D eigenvalue weighted by molar-refractivity contribution is 6.05. The number of nitrogens with one attached hydrogen (secondary N) is 1. The molecule has 27 heavy (non-hydrogen) atoms. The molecular weight excluding hydrogens is 350 g/mol. The predicted molar refractivity (Wildman–Crippen MR) is 94.7 cm³/mol. The molecule has 2 aliphatic rings. The summed E-state index contributed by atoms with van der Waals surface area (Å²) in [7, 11) is 0. The number of likely N-dealkylation sites (tertiary alicyclic amines) is 1. The molecule has 0 aromatic carbocycles. The van der Waals surface area contributed by atoms with Crippen LogP contribution in [-0.4, -0.2) is 47.3 Å². The summed E-state index contributed by atoms with van der Waals surface area (Å²) in [6.07, 6.45) is 3.20. The van der Waals surface area contributed by atoms with Crippen LogP contribution < -0.4 is 5.32 Å². The number of amides is 3. The lowest BCUT2D eigenvalue weighted by atomic mass is 9.81. The Labute approximate surface area is 159 Å². The SMILES string of the molecule is CC(C)[C@](C)(C#N)NC(=O)COC(=O)CCN1C(=O)[C@H]2CCCC[C@@H]2C1=O. The number of esters is 1. The molecule has 1 heterocycles. The number of nitriles is 1. The fourth-order valence-corrected chi connectivity index (χ4v) is 3.50. The quantitative estimate of drug-likeness (QED) is 0.525. The summed E-state index contributed by atoms with van der Waals surface area (Å²) in [5.41, 5.74) is -1.05. The summed E-state index contributed by atoms with van der Waals surface area (Å²) in [6, 6.07) is 2.04.